The highest BCUT2D eigenvalue weighted by Gasteiger charge is 2.20. The minimum atomic E-state index is -1.23. The number of amides is 1. The molecule has 130 valence electrons. The number of halogens is 1. The van der Waals surface area contributed by atoms with Crippen LogP contribution in [0.25, 0.3) is 11.3 Å². The average molecular weight is 364 g/mol. The van der Waals surface area contributed by atoms with Gasteiger partial charge in [-0.2, -0.15) is 0 Å². The maximum atomic E-state index is 11.0. The van der Waals surface area contributed by atoms with Gasteiger partial charge in [-0.3, -0.25) is 10.1 Å². The number of hydrogen-bond acceptors (Lipinski definition) is 6. The van der Waals surface area contributed by atoms with Crippen molar-refractivity contribution in [1.82, 2.24) is 15.5 Å². The van der Waals surface area contributed by atoms with E-state index >= 15 is 0 Å². The molecule has 0 radical (unpaired) electrons. The third kappa shape index (κ3) is 4.21. The Morgan fingerprint density at radius 2 is 2.20 bits per heavy atom. The van der Waals surface area contributed by atoms with E-state index in [1.165, 1.54) is 30.3 Å². The molecule has 2 rings (SSSR count). The first kappa shape index (κ1) is 18.1. The van der Waals surface area contributed by atoms with Crippen molar-refractivity contribution >= 4 is 29.1 Å². The summed E-state index contributed by atoms with van der Waals surface area (Å²) in [5.74, 6) is 0. The number of nitrogens with zero attached hydrogens (tertiary/aromatic N) is 3. The van der Waals surface area contributed by atoms with Crippen LogP contribution >= 0.6 is 11.6 Å². The normalized spacial score (nSPS) is 11.6. The molecular weight excluding hydrogens is 350 g/mol. The number of non-ortho nitro benzene ring substituents is 1. The molecule has 2 aromatic rings. The van der Waals surface area contributed by atoms with Gasteiger partial charge in [0.2, 0.25) is 0 Å². The molecule has 10 heteroatoms. The van der Waals surface area contributed by atoms with Gasteiger partial charge >= 0.3 is 6.09 Å². The van der Waals surface area contributed by atoms with E-state index in [9.17, 15) is 14.9 Å². The van der Waals surface area contributed by atoms with E-state index in [2.05, 4.69) is 22.1 Å². The predicted octanol–water partition coefficient (Wildman–Crippen LogP) is 3.17. The number of nitrogens with one attached hydrogen (secondary N) is 1. The molecule has 1 atom stereocenters. The molecule has 0 aliphatic heterocycles. The SMILES string of the molecule is C=CC[C@H](NC(=O)O)c1cc(-c2ccc([N+](=O)[O-])cc2N)nnc1Cl. The molecule has 1 aromatic carbocycles. The van der Waals surface area contributed by atoms with Gasteiger partial charge < -0.3 is 16.2 Å². The van der Waals surface area contributed by atoms with Gasteiger partial charge in [-0.1, -0.05) is 17.7 Å². The highest BCUT2D eigenvalue weighted by Crippen LogP contribution is 2.31. The van der Waals surface area contributed by atoms with Gasteiger partial charge in [-0.25, -0.2) is 4.79 Å². The molecule has 9 nitrogen and oxygen atoms in total. The summed E-state index contributed by atoms with van der Waals surface area (Å²) in [5, 5.41) is 29.9. The van der Waals surface area contributed by atoms with Gasteiger partial charge in [0, 0.05) is 28.9 Å². The second-order valence-electron chi connectivity index (χ2n) is 5.03. The lowest BCUT2D eigenvalue weighted by atomic mass is 10.0. The highest BCUT2D eigenvalue weighted by molar-refractivity contribution is 6.30. The molecular formula is C15H14ClN5O4. The van der Waals surface area contributed by atoms with Crippen molar-refractivity contribution in [2.24, 2.45) is 0 Å². The number of nitro benzene ring substituents is 1. The number of hydrogen-bond donors (Lipinski definition) is 3. The monoisotopic (exact) mass is 363 g/mol. The second kappa shape index (κ2) is 7.58. The number of carbonyl (C=O) groups is 1. The van der Waals surface area contributed by atoms with Crippen LogP contribution in [0.15, 0.2) is 36.9 Å². The van der Waals surface area contributed by atoms with E-state index < -0.39 is 17.1 Å². The van der Waals surface area contributed by atoms with Crippen molar-refractivity contribution in [1.29, 1.82) is 0 Å². The number of carboxylic acid groups (broad SMARTS) is 1. The van der Waals surface area contributed by atoms with E-state index in [1.807, 2.05) is 0 Å². The Kier molecular flexibility index (Phi) is 5.50. The van der Waals surface area contributed by atoms with Gasteiger partial charge in [0.1, 0.15) is 0 Å². The smallest absolute Gasteiger partial charge is 0.405 e. The first-order valence-corrected chi connectivity index (χ1v) is 7.39. The number of nitrogen functional groups attached to an aromatic ring is 1. The van der Waals surface area contributed by atoms with E-state index in [0.29, 0.717) is 16.8 Å². The Morgan fingerprint density at radius 3 is 2.76 bits per heavy atom. The molecule has 0 fully saturated rings. The standard InChI is InChI=1S/C15H14ClN5O4/c1-2-3-12(18-15(22)23)10-7-13(19-20-14(10)16)9-5-4-8(21(24)25)6-11(9)17/h2,4-7,12,18H,1,3,17H2,(H,22,23)/t12-/m0/s1. The highest BCUT2D eigenvalue weighted by atomic mass is 35.5. The van der Waals surface area contributed by atoms with Crippen molar-refractivity contribution in [2.45, 2.75) is 12.5 Å². The van der Waals surface area contributed by atoms with Crippen LogP contribution in [-0.4, -0.2) is 26.3 Å². The topological polar surface area (TPSA) is 144 Å². The van der Waals surface area contributed by atoms with Crippen LogP contribution in [0.3, 0.4) is 0 Å². The summed E-state index contributed by atoms with van der Waals surface area (Å²) in [5.41, 5.74) is 6.98. The molecule has 0 aliphatic rings. The van der Waals surface area contributed by atoms with Crippen molar-refractivity contribution in [3.05, 3.63) is 57.8 Å². The Morgan fingerprint density at radius 1 is 1.48 bits per heavy atom. The molecule has 1 amide bonds. The summed E-state index contributed by atoms with van der Waals surface area (Å²) in [4.78, 5) is 21.2. The van der Waals surface area contributed by atoms with Crippen molar-refractivity contribution in [3.63, 3.8) is 0 Å². The summed E-state index contributed by atoms with van der Waals surface area (Å²) in [6, 6.07) is 4.82. The Balaban J connectivity index is 2.49. The summed E-state index contributed by atoms with van der Waals surface area (Å²) >= 11 is 6.04. The van der Waals surface area contributed by atoms with Crippen LogP contribution < -0.4 is 11.1 Å². The maximum absolute atomic E-state index is 11.0. The maximum Gasteiger partial charge on any atom is 0.405 e. The fourth-order valence-corrected chi connectivity index (χ4v) is 2.47. The summed E-state index contributed by atoms with van der Waals surface area (Å²) in [7, 11) is 0. The summed E-state index contributed by atoms with van der Waals surface area (Å²) in [6.07, 6.45) is 0.598. The van der Waals surface area contributed by atoms with Crippen molar-refractivity contribution in [3.8, 4) is 11.3 Å². The van der Waals surface area contributed by atoms with Crippen LogP contribution in [0.2, 0.25) is 5.15 Å². The lowest BCUT2D eigenvalue weighted by Crippen LogP contribution is -2.27. The number of benzene rings is 1. The van der Waals surface area contributed by atoms with Gasteiger partial charge in [-0.05, 0) is 18.6 Å². The zero-order valence-corrected chi connectivity index (χ0v) is 13.6. The van der Waals surface area contributed by atoms with Crippen molar-refractivity contribution in [2.75, 3.05) is 5.73 Å². The zero-order chi connectivity index (χ0) is 18.6. The van der Waals surface area contributed by atoms with Gasteiger partial charge in [0.25, 0.3) is 5.69 Å². The van der Waals surface area contributed by atoms with Crippen LogP contribution in [0.4, 0.5) is 16.2 Å². The van der Waals surface area contributed by atoms with E-state index in [1.54, 1.807) is 0 Å². The van der Waals surface area contributed by atoms with Crippen LogP contribution in [0.1, 0.15) is 18.0 Å². The molecule has 0 aliphatic carbocycles. The van der Waals surface area contributed by atoms with Gasteiger partial charge in [0.15, 0.2) is 5.15 Å². The molecule has 0 saturated carbocycles. The fourth-order valence-electron chi connectivity index (χ4n) is 2.24. The summed E-state index contributed by atoms with van der Waals surface area (Å²) < 4.78 is 0. The van der Waals surface area contributed by atoms with Gasteiger partial charge in [0.05, 0.1) is 16.7 Å². The molecule has 1 heterocycles. The number of nitrogens with two attached hydrogens (primary N) is 1. The minimum absolute atomic E-state index is 0.0323. The van der Waals surface area contributed by atoms with Crippen LogP contribution in [-0.2, 0) is 0 Å². The number of rotatable bonds is 6. The lowest BCUT2D eigenvalue weighted by molar-refractivity contribution is -0.384. The van der Waals surface area contributed by atoms with E-state index in [0.717, 1.165) is 0 Å². The average Bonchev–Trinajstić information content (AvgIpc) is 2.54. The first-order valence-electron chi connectivity index (χ1n) is 7.01. The number of aromatic nitrogens is 2. The molecule has 4 N–H and O–H groups in total. The molecule has 0 bridgehead atoms. The number of nitro groups is 1. The Labute approximate surface area is 147 Å². The Bertz CT molecular complexity index is 843. The quantitative estimate of drug-likeness (QED) is 0.309. The van der Waals surface area contributed by atoms with Crippen LogP contribution in [0, 0.1) is 10.1 Å². The third-order valence-corrected chi connectivity index (χ3v) is 3.67. The molecule has 1 aromatic heterocycles. The Hall–Kier alpha value is -3.20. The second-order valence-corrected chi connectivity index (χ2v) is 5.39. The molecule has 25 heavy (non-hydrogen) atoms. The largest absolute Gasteiger partial charge is 0.465 e. The minimum Gasteiger partial charge on any atom is -0.465 e. The summed E-state index contributed by atoms with van der Waals surface area (Å²) in [6.45, 7) is 3.59. The van der Waals surface area contributed by atoms with Crippen molar-refractivity contribution < 1.29 is 14.8 Å². The lowest BCUT2D eigenvalue weighted by Gasteiger charge is -2.17. The fraction of sp³-hybridized carbons (Fsp3) is 0.133. The molecule has 0 spiro atoms. The molecule has 0 saturated heterocycles. The van der Waals surface area contributed by atoms with Crippen LogP contribution in [0.5, 0.6) is 0 Å². The zero-order valence-electron chi connectivity index (χ0n) is 12.8. The third-order valence-electron chi connectivity index (χ3n) is 3.37. The number of anilines is 1. The van der Waals surface area contributed by atoms with E-state index in [-0.39, 0.29) is 22.9 Å². The molecule has 0 unspecified atom stereocenters. The van der Waals surface area contributed by atoms with E-state index in [4.69, 9.17) is 22.4 Å². The predicted molar refractivity (Wildman–Crippen MR) is 92.3 cm³/mol. The first-order chi connectivity index (χ1) is 11.8. The van der Waals surface area contributed by atoms with Gasteiger partial charge in [-0.15, -0.1) is 16.8 Å².